The zero-order valence-electron chi connectivity index (χ0n) is 4.94. The van der Waals surface area contributed by atoms with Crippen LogP contribution in [0.4, 0.5) is 0 Å². The molecule has 0 fully saturated rings. The van der Waals surface area contributed by atoms with Crippen molar-refractivity contribution in [2.24, 2.45) is 0 Å². The maximum absolute atomic E-state index is 5.69. The third kappa shape index (κ3) is 1.97. The number of hydrogen-bond donors (Lipinski definition) is 0. The van der Waals surface area contributed by atoms with Crippen LogP contribution < -0.4 is 0 Å². The van der Waals surface area contributed by atoms with E-state index in [1.807, 2.05) is 6.07 Å². The van der Waals surface area contributed by atoms with Gasteiger partial charge in [-0.15, -0.1) is 0 Å². The molecule has 0 radical (unpaired) electrons. The molecule has 0 aliphatic carbocycles. The van der Waals surface area contributed by atoms with E-state index in [2.05, 4.69) is 27.6 Å². The summed E-state index contributed by atoms with van der Waals surface area (Å²) in [6.07, 6.45) is 1.72. The first-order valence-electron chi connectivity index (χ1n) is 2.60. The highest BCUT2D eigenvalue weighted by Crippen LogP contribution is 2.20. The minimum absolute atomic E-state index is 0.371. The van der Waals surface area contributed by atoms with Crippen molar-refractivity contribution < 1.29 is 0 Å². The van der Waals surface area contributed by atoms with Crippen LogP contribution in [-0.2, 0) is 4.43 Å². The predicted molar refractivity (Wildman–Crippen MR) is 52.0 cm³/mol. The van der Waals surface area contributed by atoms with E-state index in [0.29, 0.717) is 10.2 Å². The fourth-order valence-electron chi connectivity index (χ4n) is 0.534. The first kappa shape index (κ1) is 8.56. The molecular weight excluding hydrogens is 284 g/mol. The minimum atomic E-state index is 0.371. The van der Waals surface area contributed by atoms with Gasteiger partial charge in [0.05, 0.1) is 5.02 Å². The van der Waals surface area contributed by atoms with Gasteiger partial charge in [-0.25, -0.2) is 4.98 Å². The van der Waals surface area contributed by atoms with Gasteiger partial charge >= 0.3 is 0 Å². The monoisotopic (exact) mass is 287 g/mol. The second-order valence-electron chi connectivity index (χ2n) is 1.75. The van der Waals surface area contributed by atoms with E-state index < -0.39 is 0 Å². The van der Waals surface area contributed by atoms with E-state index in [-0.39, 0.29) is 0 Å². The van der Waals surface area contributed by atoms with Crippen LogP contribution >= 0.6 is 45.8 Å². The highest BCUT2D eigenvalue weighted by atomic mass is 127. The average Bonchev–Trinajstić information content (AvgIpc) is 1.95. The second-order valence-corrected chi connectivity index (χ2v) is 3.28. The largest absolute Gasteiger partial charge is 0.243 e. The van der Waals surface area contributed by atoms with Crippen LogP contribution in [0, 0.1) is 0 Å². The highest BCUT2D eigenvalue weighted by Gasteiger charge is 1.98. The molecule has 0 N–H and O–H groups in total. The fourth-order valence-corrected chi connectivity index (χ4v) is 1.24. The number of aromatic nitrogens is 1. The molecule has 1 nitrogen and oxygen atoms in total. The molecule has 1 aromatic rings. The molecule has 54 valence electrons. The number of alkyl halides is 1. The van der Waals surface area contributed by atoms with Gasteiger partial charge in [-0.05, 0) is 11.6 Å². The smallest absolute Gasteiger partial charge is 0.147 e. The van der Waals surface area contributed by atoms with Crippen molar-refractivity contribution >= 4 is 45.8 Å². The van der Waals surface area contributed by atoms with Crippen molar-refractivity contribution in [2.45, 2.75) is 4.43 Å². The van der Waals surface area contributed by atoms with Crippen molar-refractivity contribution in [1.29, 1.82) is 0 Å². The van der Waals surface area contributed by atoms with Crippen LogP contribution in [0.2, 0.25) is 10.2 Å². The molecule has 1 rings (SSSR count). The predicted octanol–water partition coefficient (Wildman–Crippen LogP) is 3.32. The van der Waals surface area contributed by atoms with Gasteiger partial charge in [0.1, 0.15) is 5.15 Å². The maximum atomic E-state index is 5.69. The minimum Gasteiger partial charge on any atom is -0.243 e. The first-order valence-corrected chi connectivity index (χ1v) is 4.88. The van der Waals surface area contributed by atoms with Crippen LogP contribution in [0.5, 0.6) is 0 Å². The third-order valence-corrected chi connectivity index (χ3v) is 2.57. The summed E-state index contributed by atoms with van der Waals surface area (Å²) in [5.41, 5.74) is 1.09. The topological polar surface area (TPSA) is 12.9 Å². The number of nitrogens with zero attached hydrogens (tertiary/aromatic N) is 1. The van der Waals surface area contributed by atoms with Gasteiger partial charge in [-0.3, -0.25) is 0 Å². The molecule has 0 saturated heterocycles. The lowest BCUT2D eigenvalue weighted by atomic mass is 10.3. The van der Waals surface area contributed by atoms with Crippen LogP contribution in [0.25, 0.3) is 0 Å². The molecule has 0 spiro atoms. The lowest BCUT2D eigenvalue weighted by molar-refractivity contribution is 1.26. The molecule has 0 saturated carbocycles. The molecule has 0 atom stereocenters. The summed E-state index contributed by atoms with van der Waals surface area (Å²) < 4.78 is 0.904. The molecule has 0 amide bonds. The van der Waals surface area contributed by atoms with E-state index in [1.54, 1.807) is 6.20 Å². The van der Waals surface area contributed by atoms with Gasteiger partial charge in [0.2, 0.25) is 0 Å². The van der Waals surface area contributed by atoms with Crippen LogP contribution in [-0.4, -0.2) is 4.98 Å². The second kappa shape index (κ2) is 3.74. The summed E-state index contributed by atoms with van der Waals surface area (Å²) in [6, 6.07) is 1.82. The van der Waals surface area contributed by atoms with Gasteiger partial charge in [-0.1, -0.05) is 45.8 Å². The standard InChI is InChI=1S/C6H4Cl2IN/c7-5-1-4(2-9)3-10-6(5)8/h1,3H,2H2. The Bertz CT molecular complexity index is 239. The Morgan fingerprint density at radius 3 is 2.70 bits per heavy atom. The van der Waals surface area contributed by atoms with Gasteiger partial charge in [-0.2, -0.15) is 0 Å². The average molecular weight is 288 g/mol. The lowest BCUT2D eigenvalue weighted by Gasteiger charge is -1.96. The molecule has 0 unspecified atom stereocenters. The van der Waals surface area contributed by atoms with Crippen LogP contribution in [0.3, 0.4) is 0 Å². The summed E-state index contributed by atoms with van der Waals surface area (Å²) in [7, 11) is 0. The van der Waals surface area contributed by atoms with E-state index in [4.69, 9.17) is 23.2 Å². The molecule has 1 heterocycles. The maximum Gasteiger partial charge on any atom is 0.147 e. The summed E-state index contributed by atoms with van der Waals surface area (Å²) in [5, 5.41) is 0.895. The van der Waals surface area contributed by atoms with Crippen molar-refractivity contribution in [3.8, 4) is 0 Å². The number of hydrogen-bond acceptors (Lipinski definition) is 1. The third-order valence-electron chi connectivity index (χ3n) is 1.01. The van der Waals surface area contributed by atoms with Crippen LogP contribution in [0.15, 0.2) is 12.3 Å². The number of pyridine rings is 1. The summed E-state index contributed by atoms with van der Waals surface area (Å²) in [4.78, 5) is 3.88. The molecule has 0 bridgehead atoms. The van der Waals surface area contributed by atoms with E-state index in [0.717, 1.165) is 9.99 Å². The Hall–Kier alpha value is 0.460. The number of halogens is 3. The van der Waals surface area contributed by atoms with Crippen molar-refractivity contribution in [3.63, 3.8) is 0 Å². The van der Waals surface area contributed by atoms with Gasteiger partial charge in [0, 0.05) is 10.6 Å². The van der Waals surface area contributed by atoms with E-state index in [9.17, 15) is 0 Å². The van der Waals surface area contributed by atoms with Crippen molar-refractivity contribution in [2.75, 3.05) is 0 Å². The molecule has 1 aromatic heterocycles. The van der Waals surface area contributed by atoms with Crippen LogP contribution in [0.1, 0.15) is 5.56 Å². The van der Waals surface area contributed by atoms with Gasteiger partial charge in [0.15, 0.2) is 0 Å². The SMILES string of the molecule is Clc1cc(CI)cnc1Cl. The Morgan fingerprint density at radius 2 is 2.20 bits per heavy atom. The Kier molecular flexibility index (Phi) is 3.20. The molecule has 0 aliphatic rings. The Labute approximate surface area is 82.9 Å². The summed E-state index contributed by atoms with van der Waals surface area (Å²) in [5.74, 6) is 0. The molecule has 4 heteroatoms. The van der Waals surface area contributed by atoms with Gasteiger partial charge in [0.25, 0.3) is 0 Å². The summed E-state index contributed by atoms with van der Waals surface area (Å²) in [6.45, 7) is 0. The summed E-state index contributed by atoms with van der Waals surface area (Å²) >= 11 is 13.5. The molecule has 0 aliphatic heterocycles. The highest BCUT2D eigenvalue weighted by molar-refractivity contribution is 14.1. The molecular formula is C6H4Cl2IN. The van der Waals surface area contributed by atoms with E-state index >= 15 is 0 Å². The zero-order chi connectivity index (χ0) is 7.56. The van der Waals surface area contributed by atoms with E-state index in [1.165, 1.54) is 0 Å². The zero-order valence-corrected chi connectivity index (χ0v) is 8.61. The molecule has 0 aromatic carbocycles. The fraction of sp³-hybridized carbons (Fsp3) is 0.167. The van der Waals surface area contributed by atoms with Gasteiger partial charge < -0.3 is 0 Å². The van der Waals surface area contributed by atoms with Crippen molar-refractivity contribution in [1.82, 2.24) is 4.98 Å². The quantitative estimate of drug-likeness (QED) is 0.439. The Morgan fingerprint density at radius 1 is 1.50 bits per heavy atom. The van der Waals surface area contributed by atoms with Crippen molar-refractivity contribution in [3.05, 3.63) is 28.0 Å². The first-order chi connectivity index (χ1) is 4.74. The Balaban J connectivity index is 3.04. The molecule has 10 heavy (non-hydrogen) atoms. The number of rotatable bonds is 1. The lowest BCUT2D eigenvalue weighted by Crippen LogP contribution is -1.81. The normalized spacial score (nSPS) is 9.90.